The largest absolute Gasteiger partial charge is 0.480 e. The van der Waals surface area contributed by atoms with E-state index in [1.807, 2.05) is 30.3 Å². The monoisotopic (exact) mass is 383 g/mol. The minimum atomic E-state index is -1.21. The highest BCUT2D eigenvalue weighted by atomic mass is 16.4. The Morgan fingerprint density at radius 1 is 1.00 bits per heavy atom. The van der Waals surface area contributed by atoms with Gasteiger partial charge < -0.3 is 26.8 Å². The topological polar surface area (TPSA) is 193 Å². The first-order chi connectivity index (χ1) is 12.5. The summed E-state index contributed by atoms with van der Waals surface area (Å²) in [5.41, 5.74) is 10.6. The molecule has 0 aromatic heterocycles. The van der Waals surface area contributed by atoms with Crippen molar-refractivity contribution < 1.29 is 34.5 Å². The van der Waals surface area contributed by atoms with E-state index in [2.05, 4.69) is 11.1 Å². The number of amides is 1. The first-order valence-electron chi connectivity index (χ1n) is 8.06. The minimum Gasteiger partial charge on any atom is -0.480 e. The number of hydrogen-bond acceptors (Lipinski definition) is 6. The molecule has 0 saturated carbocycles. The van der Waals surface area contributed by atoms with E-state index in [9.17, 15) is 19.2 Å². The van der Waals surface area contributed by atoms with Gasteiger partial charge in [0, 0.05) is 0 Å². The third-order valence-electron chi connectivity index (χ3n) is 3.42. The van der Waals surface area contributed by atoms with E-state index in [1.165, 1.54) is 6.92 Å². The van der Waals surface area contributed by atoms with Crippen molar-refractivity contribution in [3.8, 4) is 0 Å². The van der Waals surface area contributed by atoms with Crippen LogP contribution in [0.2, 0.25) is 0 Å². The van der Waals surface area contributed by atoms with Crippen LogP contribution in [-0.2, 0) is 25.6 Å². The van der Waals surface area contributed by atoms with E-state index in [4.69, 9.17) is 21.1 Å². The summed E-state index contributed by atoms with van der Waals surface area (Å²) in [6, 6.07) is 6.61. The molecule has 0 saturated heterocycles. The molecule has 8 N–H and O–H groups in total. The summed E-state index contributed by atoms with van der Waals surface area (Å²) in [5.74, 6) is -4.00. The molecular weight excluding hydrogens is 358 g/mol. The van der Waals surface area contributed by atoms with Gasteiger partial charge in [0.15, 0.2) is 0 Å². The lowest BCUT2D eigenvalue weighted by molar-refractivity contribution is -0.142. The van der Waals surface area contributed by atoms with Crippen molar-refractivity contribution in [3.05, 3.63) is 35.9 Å². The molecule has 1 amide bonds. The predicted molar refractivity (Wildman–Crippen MR) is 95.8 cm³/mol. The number of carbonyl (C=O) groups excluding carboxylic acids is 1. The van der Waals surface area contributed by atoms with Crippen molar-refractivity contribution in [1.29, 1.82) is 0 Å². The molecule has 150 valence electrons. The van der Waals surface area contributed by atoms with Crippen LogP contribution >= 0.6 is 0 Å². The first-order valence-corrected chi connectivity index (χ1v) is 8.06. The second-order valence-electron chi connectivity index (χ2n) is 5.76. The quantitative estimate of drug-likeness (QED) is 0.306. The molecule has 0 bridgehead atoms. The summed E-state index contributed by atoms with van der Waals surface area (Å²) < 4.78 is 0. The summed E-state index contributed by atoms with van der Waals surface area (Å²) in [6.07, 6.45) is 0.642. The van der Waals surface area contributed by atoms with Gasteiger partial charge in [-0.2, -0.15) is 0 Å². The molecule has 0 spiro atoms. The van der Waals surface area contributed by atoms with Crippen LogP contribution in [0.5, 0.6) is 0 Å². The van der Waals surface area contributed by atoms with Crippen molar-refractivity contribution in [1.82, 2.24) is 5.32 Å². The Bertz CT molecular complexity index is 637. The third-order valence-corrected chi connectivity index (χ3v) is 3.42. The van der Waals surface area contributed by atoms with Gasteiger partial charge in [0.2, 0.25) is 5.91 Å². The summed E-state index contributed by atoms with van der Waals surface area (Å²) in [7, 11) is 0. The number of carboxylic acid groups (broad SMARTS) is 3. The third kappa shape index (κ3) is 11.3. The van der Waals surface area contributed by atoms with Crippen LogP contribution in [0.3, 0.4) is 0 Å². The molecule has 1 aromatic rings. The van der Waals surface area contributed by atoms with Gasteiger partial charge in [0.05, 0.1) is 6.42 Å². The minimum absolute atomic E-state index is 0.310. The average Bonchev–Trinajstić information content (AvgIpc) is 2.58. The number of carbonyl (C=O) groups is 4. The molecule has 0 radical (unpaired) electrons. The zero-order chi connectivity index (χ0) is 21.0. The lowest BCUT2D eigenvalue weighted by Gasteiger charge is -2.17. The molecule has 0 aliphatic rings. The molecule has 10 heteroatoms. The smallest absolute Gasteiger partial charge is 0.321 e. The Hall–Kier alpha value is -2.98. The second kappa shape index (κ2) is 12.4. The second-order valence-corrected chi connectivity index (χ2v) is 5.76. The van der Waals surface area contributed by atoms with Crippen LogP contribution in [0.4, 0.5) is 0 Å². The van der Waals surface area contributed by atoms with E-state index >= 15 is 0 Å². The predicted octanol–water partition coefficient (Wildman–Crippen LogP) is -0.591. The van der Waals surface area contributed by atoms with Crippen molar-refractivity contribution >= 4 is 23.8 Å². The van der Waals surface area contributed by atoms with Gasteiger partial charge in [0.1, 0.15) is 18.1 Å². The highest BCUT2D eigenvalue weighted by Gasteiger charge is 2.22. The molecule has 27 heavy (non-hydrogen) atoms. The fourth-order valence-electron chi connectivity index (χ4n) is 1.91. The zero-order valence-corrected chi connectivity index (χ0v) is 14.9. The van der Waals surface area contributed by atoms with Crippen molar-refractivity contribution in [3.63, 3.8) is 0 Å². The Morgan fingerprint density at radius 3 is 1.93 bits per heavy atom. The molecule has 0 aliphatic carbocycles. The van der Waals surface area contributed by atoms with Gasteiger partial charge >= 0.3 is 17.9 Å². The Kier molecular flexibility index (Phi) is 11.0. The number of aryl methyl sites for hydroxylation is 1. The molecule has 3 atom stereocenters. The standard InChI is InChI=1S/C13H17NO4.C4H8N2O3/c1-9(12(15)16)14-11(13(17)18)8-7-10-5-3-2-4-6-10;5-2(4(8)9)1-3(6)7/h2-6,9,11,14H,7-8H2,1H3,(H,15,16)(H,17,18);2H,1,5H2,(H2,6,7)(H,8,9)/t9-,11+;2-/m10/s1. The number of benzene rings is 1. The maximum absolute atomic E-state index is 11.0. The van der Waals surface area contributed by atoms with Crippen LogP contribution < -0.4 is 16.8 Å². The number of aliphatic carboxylic acids is 3. The summed E-state index contributed by atoms with van der Waals surface area (Å²) in [4.78, 5) is 41.6. The van der Waals surface area contributed by atoms with E-state index in [-0.39, 0.29) is 6.42 Å². The number of hydrogen-bond donors (Lipinski definition) is 6. The maximum Gasteiger partial charge on any atom is 0.321 e. The fraction of sp³-hybridized carbons (Fsp3) is 0.412. The molecule has 1 aromatic carbocycles. The van der Waals surface area contributed by atoms with Gasteiger partial charge in [-0.1, -0.05) is 30.3 Å². The molecule has 0 fully saturated rings. The molecular formula is C17H25N3O7. The fourth-order valence-corrected chi connectivity index (χ4v) is 1.91. The van der Waals surface area contributed by atoms with Gasteiger partial charge in [-0.25, -0.2) is 0 Å². The number of nitrogens with one attached hydrogen (secondary N) is 1. The Balaban J connectivity index is 0.000000636. The summed E-state index contributed by atoms with van der Waals surface area (Å²) >= 11 is 0. The van der Waals surface area contributed by atoms with Crippen LogP contribution in [0.1, 0.15) is 25.3 Å². The van der Waals surface area contributed by atoms with E-state index in [0.29, 0.717) is 12.8 Å². The van der Waals surface area contributed by atoms with Crippen molar-refractivity contribution in [2.24, 2.45) is 11.5 Å². The number of nitrogens with two attached hydrogens (primary N) is 2. The van der Waals surface area contributed by atoms with Gasteiger partial charge in [0.25, 0.3) is 0 Å². The summed E-state index contributed by atoms with van der Waals surface area (Å²) in [6.45, 7) is 1.43. The number of carboxylic acids is 3. The van der Waals surface area contributed by atoms with E-state index < -0.39 is 41.9 Å². The van der Waals surface area contributed by atoms with Crippen LogP contribution in [0.25, 0.3) is 0 Å². The SMILES string of the molecule is C[C@@H](N[C@@H](CCc1ccccc1)C(=O)O)C(=O)O.NC(=O)C[C@H](N)C(=O)O. The average molecular weight is 383 g/mol. The first kappa shape index (κ1) is 24.0. The number of primary amides is 1. The molecule has 0 aliphatic heterocycles. The van der Waals surface area contributed by atoms with Crippen molar-refractivity contribution in [2.75, 3.05) is 0 Å². The summed E-state index contributed by atoms with van der Waals surface area (Å²) in [5, 5.41) is 28.5. The zero-order valence-electron chi connectivity index (χ0n) is 14.9. The lowest BCUT2D eigenvalue weighted by atomic mass is 10.0. The lowest BCUT2D eigenvalue weighted by Crippen LogP contribution is -2.45. The van der Waals surface area contributed by atoms with Crippen LogP contribution in [0, 0.1) is 0 Å². The van der Waals surface area contributed by atoms with Gasteiger partial charge in [-0.3, -0.25) is 24.5 Å². The molecule has 0 heterocycles. The Labute approximate surface area is 156 Å². The van der Waals surface area contributed by atoms with Crippen LogP contribution in [-0.4, -0.2) is 57.3 Å². The normalized spacial score (nSPS) is 13.4. The van der Waals surface area contributed by atoms with E-state index in [1.54, 1.807) is 0 Å². The van der Waals surface area contributed by atoms with Crippen LogP contribution in [0.15, 0.2) is 30.3 Å². The molecule has 0 unspecified atom stereocenters. The van der Waals surface area contributed by atoms with Gasteiger partial charge in [-0.05, 0) is 25.3 Å². The number of rotatable bonds is 10. The van der Waals surface area contributed by atoms with E-state index in [0.717, 1.165) is 5.56 Å². The maximum atomic E-state index is 11.0. The highest BCUT2D eigenvalue weighted by molar-refractivity contribution is 5.83. The van der Waals surface area contributed by atoms with Gasteiger partial charge in [-0.15, -0.1) is 0 Å². The molecule has 1 rings (SSSR count). The highest BCUT2D eigenvalue weighted by Crippen LogP contribution is 2.06. The Morgan fingerprint density at radius 2 is 1.56 bits per heavy atom. The van der Waals surface area contributed by atoms with Crippen molar-refractivity contribution in [2.45, 2.75) is 44.3 Å². The molecule has 10 nitrogen and oxygen atoms in total.